The fourth-order valence-corrected chi connectivity index (χ4v) is 5.97. The first-order valence-electron chi connectivity index (χ1n) is 9.81. The van der Waals surface area contributed by atoms with Crippen molar-refractivity contribution in [3.63, 3.8) is 0 Å². The van der Waals surface area contributed by atoms with Crippen LogP contribution in [0, 0.1) is 6.92 Å². The van der Waals surface area contributed by atoms with Gasteiger partial charge in [-0.25, -0.2) is 8.42 Å². The Balaban J connectivity index is 0.00000225. The first kappa shape index (κ1) is 21.4. The number of hydrogen-bond donors (Lipinski definition) is 1. The second kappa shape index (κ2) is 8.57. The standard InChI is InChI=1S/C19H28N4O3S.ClH/c1-15-13-16(23-8-2-12-27(23,25)26)3-4-18(15)19(24)22-9-5-17(14-22)21-10-6-20-7-11-21;/h3-4,13,17,20H,2,5-12,14H2,1H3;1H. The number of likely N-dealkylation sites (tertiary alicyclic amines) is 1. The number of hydrogen-bond acceptors (Lipinski definition) is 5. The second-order valence-electron chi connectivity index (χ2n) is 7.72. The van der Waals surface area contributed by atoms with E-state index in [2.05, 4.69) is 10.2 Å². The zero-order chi connectivity index (χ0) is 19.0. The molecular weight excluding hydrogens is 400 g/mol. The maximum Gasteiger partial charge on any atom is 0.254 e. The minimum atomic E-state index is -3.20. The average molecular weight is 429 g/mol. The summed E-state index contributed by atoms with van der Waals surface area (Å²) in [5.74, 6) is 0.259. The number of piperazine rings is 1. The molecule has 1 atom stereocenters. The van der Waals surface area contributed by atoms with Crippen molar-refractivity contribution < 1.29 is 13.2 Å². The highest BCUT2D eigenvalue weighted by Gasteiger charge is 2.32. The van der Waals surface area contributed by atoms with E-state index < -0.39 is 10.0 Å². The fourth-order valence-electron chi connectivity index (χ4n) is 4.41. The van der Waals surface area contributed by atoms with E-state index in [9.17, 15) is 13.2 Å². The predicted octanol–water partition coefficient (Wildman–Crippen LogP) is 1.08. The lowest BCUT2D eigenvalue weighted by Crippen LogP contribution is -2.49. The number of amides is 1. The molecule has 1 N–H and O–H groups in total. The number of anilines is 1. The van der Waals surface area contributed by atoms with E-state index in [0.29, 0.717) is 30.3 Å². The molecule has 1 amide bonds. The zero-order valence-corrected chi connectivity index (χ0v) is 17.9. The molecule has 1 aromatic rings. The predicted molar refractivity (Wildman–Crippen MR) is 113 cm³/mol. The number of nitrogens with zero attached hydrogens (tertiary/aromatic N) is 3. The summed E-state index contributed by atoms with van der Waals surface area (Å²) in [5, 5.41) is 3.37. The Hall–Kier alpha value is -1.35. The van der Waals surface area contributed by atoms with E-state index in [1.807, 2.05) is 17.9 Å². The van der Waals surface area contributed by atoms with Crippen LogP contribution in [0.2, 0.25) is 0 Å². The monoisotopic (exact) mass is 428 g/mol. The molecule has 3 heterocycles. The van der Waals surface area contributed by atoms with Gasteiger partial charge in [-0.3, -0.25) is 14.0 Å². The van der Waals surface area contributed by atoms with Crippen molar-refractivity contribution >= 4 is 34.0 Å². The summed E-state index contributed by atoms with van der Waals surface area (Å²) in [6, 6.07) is 5.84. The van der Waals surface area contributed by atoms with Crippen molar-refractivity contribution in [1.29, 1.82) is 0 Å². The van der Waals surface area contributed by atoms with Crippen LogP contribution in [0.4, 0.5) is 5.69 Å². The molecular formula is C19H29ClN4O3S. The van der Waals surface area contributed by atoms with Gasteiger partial charge in [0.15, 0.2) is 0 Å². The highest BCUT2D eigenvalue weighted by atomic mass is 35.5. The third-order valence-electron chi connectivity index (χ3n) is 5.95. The number of rotatable bonds is 3. The van der Waals surface area contributed by atoms with E-state index >= 15 is 0 Å². The normalized spacial score (nSPS) is 25.0. The lowest BCUT2D eigenvalue weighted by Gasteiger charge is -2.32. The van der Waals surface area contributed by atoms with Crippen LogP contribution in [0.5, 0.6) is 0 Å². The minimum Gasteiger partial charge on any atom is -0.337 e. The largest absolute Gasteiger partial charge is 0.337 e. The Morgan fingerprint density at radius 3 is 2.54 bits per heavy atom. The van der Waals surface area contributed by atoms with E-state index in [4.69, 9.17) is 0 Å². The van der Waals surface area contributed by atoms with Crippen LogP contribution in [0.1, 0.15) is 28.8 Å². The Labute approximate surface area is 173 Å². The third kappa shape index (κ3) is 4.15. The highest BCUT2D eigenvalue weighted by molar-refractivity contribution is 7.93. The van der Waals surface area contributed by atoms with Gasteiger partial charge in [-0.2, -0.15) is 0 Å². The smallest absolute Gasteiger partial charge is 0.254 e. The summed E-state index contributed by atoms with van der Waals surface area (Å²) >= 11 is 0. The van der Waals surface area contributed by atoms with E-state index in [-0.39, 0.29) is 24.1 Å². The van der Waals surface area contributed by atoms with Crippen LogP contribution in [0.3, 0.4) is 0 Å². The van der Waals surface area contributed by atoms with Crippen LogP contribution < -0.4 is 9.62 Å². The van der Waals surface area contributed by atoms with Crippen LogP contribution >= 0.6 is 12.4 Å². The maximum absolute atomic E-state index is 13.0. The van der Waals surface area contributed by atoms with Gasteiger partial charge >= 0.3 is 0 Å². The molecule has 3 aliphatic heterocycles. The van der Waals surface area contributed by atoms with E-state index in [1.165, 1.54) is 4.31 Å². The Morgan fingerprint density at radius 1 is 1.14 bits per heavy atom. The summed E-state index contributed by atoms with van der Waals surface area (Å²) in [5.41, 5.74) is 2.18. The number of halogens is 1. The van der Waals surface area contributed by atoms with Gasteiger partial charge in [0.05, 0.1) is 11.4 Å². The summed E-state index contributed by atoms with van der Waals surface area (Å²) in [6.45, 7) is 8.11. The fraction of sp³-hybridized carbons (Fsp3) is 0.632. The molecule has 4 rings (SSSR count). The number of carbonyl (C=O) groups is 1. The lowest BCUT2D eigenvalue weighted by atomic mass is 10.1. The van der Waals surface area contributed by atoms with Gasteiger partial charge in [0, 0.05) is 57.4 Å². The van der Waals surface area contributed by atoms with Crippen molar-refractivity contribution in [2.75, 3.05) is 55.9 Å². The van der Waals surface area contributed by atoms with E-state index in [0.717, 1.165) is 51.3 Å². The SMILES string of the molecule is Cc1cc(N2CCCS2(=O)=O)ccc1C(=O)N1CCC(N2CCNCC2)C1.Cl. The number of nitrogens with one attached hydrogen (secondary N) is 1. The average Bonchev–Trinajstić information content (AvgIpc) is 3.28. The summed E-state index contributed by atoms with van der Waals surface area (Å²) < 4.78 is 25.7. The number of aryl methyl sites for hydroxylation is 1. The molecule has 1 aromatic carbocycles. The van der Waals surface area contributed by atoms with Crippen LogP contribution in [0.25, 0.3) is 0 Å². The molecule has 0 radical (unpaired) electrons. The van der Waals surface area contributed by atoms with Crippen molar-refractivity contribution in [1.82, 2.24) is 15.1 Å². The minimum absolute atomic E-state index is 0. The number of sulfonamides is 1. The van der Waals surface area contributed by atoms with Crippen molar-refractivity contribution in [3.05, 3.63) is 29.3 Å². The molecule has 28 heavy (non-hydrogen) atoms. The molecule has 0 bridgehead atoms. The number of carbonyl (C=O) groups excluding carboxylic acids is 1. The highest BCUT2D eigenvalue weighted by Crippen LogP contribution is 2.27. The molecule has 0 aliphatic carbocycles. The molecule has 7 nitrogen and oxygen atoms in total. The first-order chi connectivity index (χ1) is 13.0. The van der Waals surface area contributed by atoms with Crippen LogP contribution in [-0.2, 0) is 10.0 Å². The second-order valence-corrected chi connectivity index (χ2v) is 9.73. The molecule has 0 aromatic heterocycles. The molecule has 0 spiro atoms. The van der Waals surface area contributed by atoms with Gasteiger partial charge in [-0.15, -0.1) is 12.4 Å². The molecule has 3 saturated heterocycles. The molecule has 9 heteroatoms. The summed E-state index contributed by atoms with van der Waals surface area (Å²) in [4.78, 5) is 17.4. The number of benzene rings is 1. The molecule has 1 unspecified atom stereocenters. The third-order valence-corrected chi connectivity index (χ3v) is 7.82. The molecule has 156 valence electrons. The zero-order valence-electron chi connectivity index (χ0n) is 16.3. The Kier molecular flexibility index (Phi) is 6.54. The van der Waals surface area contributed by atoms with Gasteiger partial charge in [0.2, 0.25) is 10.0 Å². The Morgan fingerprint density at radius 2 is 1.89 bits per heavy atom. The van der Waals surface area contributed by atoms with Gasteiger partial charge in [-0.1, -0.05) is 0 Å². The van der Waals surface area contributed by atoms with Crippen LogP contribution in [-0.4, -0.2) is 81.7 Å². The summed E-state index contributed by atoms with van der Waals surface area (Å²) in [6.07, 6.45) is 1.68. The van der Waals surface area contributed by atoms with Crippen molar-refractivity contribution in [3.8, 4) is 0 Å². The topological polar surface area (TPSA) is 73.0 Å². The first-order valence-corrected chi connectivity index (χ1v) is 11.4. The van der Waals surface area contributed by atoms with Gasteiger partial charge < -0.3 is 10.2 Å². The molecule has 3 aliphatic rings. The molecule has 3 fully saturated rings. The van der Waals surface area contributed by atoms with Gasteiger partial charge in [-0.05, 0) is 43.5 Å². The quantitative estimate of drug-likeness (QED) is 0.779. The maximum atomic E-state index is 13.0. The van der Waals surface area contributed by atoms with E-state index in [1.54, 1.807) is 12.1 Å². The summed E-state index contributed by atoms with van der Waals surface area (Å²) in [7, 11) is -3.20. The van der Waals surface area contributed by atoms with Gasteiger partial charge in [0.25, 0.3) is 5.91 Å². The Bertz CT molecular complexity index is 826. The van der Waals surface area contributed by atoms with Crippen LogP contribution in [0.15, 0.2) is 18.2 Å². The van der Waals surface area contributed by atoms with Crippen molar-refractivity contribution in [2.45, 2.75) is 25.8 Å². The lowest BCUT2D eigenvalue weighted by molar-refractivity contribution is 0.0773. The molecule has 0 saturated carbocycles. The van der Waals surface area contributed by atoms with Gasteiger partial charge in [0.1, 0.15) is 0 Å². The van der Waals surface area contributed by atoms with Crippen molar-refractivity contribution in [2.24, 2.45) is 0 Å².